The number of hydrogen-bond donors (Lipinski definition) is 1. The Hall–Kier alpha value is -5.50. The van der Waals surface area contributed by atoms with E-state index in [9.17, 15) is 27.6 Å². The molecule has 278 valence electrons. The summed E-state index contributed by atoms with van der Waals surface area (Å²) in [4.78, 5) is 56.3. The number of nitrogens with zero attached hydrogens (tertiary/aromatic N) is 1. The average molecular weight is 765 g/mol. The predicted molar refractivity (Wildman–Crippen MR) is 191 cm³/mol. The van der Waals surface area contributed by atoms with Crippen LogP contribution >= 0.6 is 7.60 Å². The summed E-state index contributed by atoms with van der Waals surface area (Å²) in [5.41, 5.74) is -1.05. The van der Waals surface area contributed by atoms with Crippen LogP contribution in [0.1, 0.15) is 11.1 Å². The Morgan fingerprint density at radius 1 is 0.774 bits per heavy atom. The molecule has 5 rings (SSSR count). The van der Waals surface area contributed by atoms with Crippen LogP contribution in [0, 0.1) is 0 Å². The fourth-order valence-electron chi connectivity index (χ4n) is 5.59. The van der Waals surface area contributed by atoms with Gasteiger partial charge >= 0.3 is 19.5 Å². The van der Waals surface area contributed by atoms with Crippen LogP contribution in [0.2, 0.25) is 0 Å². The molecule has 1 saturated heterocycles. The predicted octanol–water partition coefficient (Wildman–Crippen LogP) is 3.91. The van der Waals surface area contributed by atoms with Crippen LogP contribution < -0.4 is 14.4 Å². The number of carbonyl (C=O) groups excluding carboxylic acids is 4. The Bertz CT molecular complexity index is 1990. The minimum absolute atomic E-state index is 0.0185. The van der Waals surface area contributed by atoms with Crippen molar-refractivity contribution >= 4 is 41.5 Å². The molecule has 0 aromatic heterocycles. The van der Waals surface area contributed by atoms with Crippen LogP contribution in [0.4, 0.5) is 0 Å². The van der Waals surface area contributed by atoms with Gasteiger partial charge in [0.1, 0.15) is 24.1 Å². The van der Waals surface area contributed by atoms with Crippen molar-refractivity contribution in [3.63, 3.8) is 0 Å². The molecule has 0 saturated carbocycles. The lowest BCUT2D eigenvalue weighted by atomic mass is 9.91. The maximum Gasteiger partial charge on any atom is 0.447 e. The molecule has 1 aliphatic heterocycles. The number of likely N-dealkylation sites (tertiary alicyclic amines) is 1. The van der Waals surface area contributed by atoms with Gasteiger partial charge in [-0.3, -0.25) is 18.6 Å². The van der Waals surface area contributed by atoms with E-state index in [4.69, 9.17) is 22.7 Å². The summed E-state index contributed by atoms with van der Waals surface area (Å²) in [6, 6.07) is 27.5. The topological polar surface area (TPSA) is 181 Å². The van der Waals surface area contributed by atoms with Gasteiger partial charge in [0.15, 0.2) is 6.04 Å². The Balaban J connectivity index is 1.60. The van der Waals surface area contributed by atoms with Crippen LogP contribution in [0.5, 0.6) is 11.5 Å². The molecule has 1 fully saturated rings. The van der Waals surface area contributed by atoms with Gasteiger partial charge in [0, 0.05) is 0 Å². The third-order valence-electron chi connectivity index (χ3n) is 8.04. The molecular formula is C37H37N2O12PS. The first kappa shape index (κ1) is 38.7. The minimum atomic E-state index is -5.00. The fraction of sp³-hybridized carbons (Fsp3) is 0.243. The molecule has 53 heavy (non-hydrogen) atoms. The summed E-state index contributed by atoms with van der Waals surface area (Å²) in [6.07, 6.45) is 0.641. The smallest absolute Gasteiger partial charge is 0.447 e. The number of β-lactam (4-membered cyclic amide) rings is 1. The molecule has 4 aromatic carbocycles. The van der Waals surface area contributed by atoms with Crippen LogP contribution in [-0.2, 0) is 60.5 Å². The van der Waals surface area contributed by atoms with Gasteiger partial charge in [-0.2, -0.15) is 8.42 Å². The zero-order valence-electron chi connectivity index (χ0n) is 28.7. The minimum Gasteiger partial charge on any atom is -0.468 e. The molecule has 0 bridgehead atoms. The maximum atomic E-state index is 15.2. The number of nitrogens with one attached hydrogen (secondary N) is 1. The van der Waals surface area contributed by atoms with Crippen molar-refractivity contribution in [1.82, 2.24) is 10.2 Å². The highest BCUT2D eigenvalue weighted by molar-refractivity contribution is 7.86. The zero-order valence-corrected chi connectivity index (χ0v) is 30.4. The Kier molecular flexibility index (Phi) is 12.7. The van der Waals surface area contributed by atoms with Crippen molar-refractivity contribution < 1.29 is 54.9 Å². The summed E-state index contributed by atoms with van der Waals surface area (Å²) in [7, 11) is -8.16. The molecule has 1 N–H and O–H groups in total. The summed E-state index contributed by atoms with van der Waals surface area (Å²) < 4.78 is 67.3. The fourth-order valence-corrected chi connectivity index (χ4v) is 8.05. The third-order valence-corrected chi connectivity index (χ3v) is 10.7. The van der Waals surface area contributed by atoms with Crippen LogP contribution in [0.3, 0.4) is 0 Å². The van der Waals surface area contributed by atoms with Gasteiger partial charge < -0.3 is 28.7 Å². The highest BCUT2D eigenvalue weighted by atomic mass is 32.2. The van der Waals surface area contributed by atoms with E-state index in [-0.39, 0.29) is 24.5 Å². The number of hydrogen-bond acceptors (Lipinski definition) is 12. The maximum absolute atomic E-state index is 15.2. The van der Waals surface area contributed by atoms with Gasteiger partial charge in [-0.25, -0.2) is 9.36 Å². The molecule has 1 heterocycles. The first-order valence-electron chi connectivity index (χ1n) is 16.3. The Morgan fingerprint density at radius 3 is 1.75 bits per heavy atom. The Morgan fingerprint density at radius 2 is 1.26 bits per heavy atom. The first-order chi connectivity index (χ1) is 25.4. The Labute approximate surface area is 306 Å². The molecule has 2 unspecified atom stereocenters. The van der Waals surface area contributed by atoms with Crippen molar-refractivity contribution in [3.05, 3.63) is 132 Å². The number of rotatable bonds is 17. The number of para-hydroxylation sites is 2. The SMILES string of the molecule is COC(=O)C(C(C(=O)OCc1ccccc1)N1C(=O)[C@@H](NC(=O)Cc2ccccc2)[C@H]1COS(C)(=O)=O)P(=O)(Oc1ccccc1)Oc1ccccc1. The summed E-state index contributed by atoms with van der Waals surface area (Å²) >= 11 is 0. The lowest BCUT2D eigenvalue weighted by Crippen LogP contribution is -2.77. The molecule has 2 amide bonds. The second-order valence-electron chi connectivity index (χ2n) is 11.9. The quantitative estimate of drug-likeness (QED) is 0.0710. The molecule has 4 atom stereocenters. The second kappa shape index (κ2) is 17.3. The molecule has 14 nitrogen and oxygen atoms in total. The molecule has 16 heteroatoms. The normalized spacial score (nSPS) is 16.7. The average Bonchev–Trinajstić information content (AvgIpc) is 3.14. The van der Waals surface area contributed by atoms with Crippen molar-refractivity contribution in [1.29, 1.82) is 0 Å². The number of ether oxygens (including phenoxy) is 2. The van der Waals surface area contributed by atoms with E-state index in [0.29, 0.717) is 11.1 Å². The van der Waals surface area contributed by atoms with E-state index < -0.39 is 71.9 Å². The molecule has 0 radical (unpaired) electrons. The van der Waals surface area contributed by atoms with Gasteiger partial charge in [-0.05, 0) is 35.4 Å². The number of methoxy groups -OCH3 is 1. The first-order valence-corrected chi connectivity index (χ1v) is 19.7. The van der Waals surface area contributed by atoms with E-state index in [1.165, 1.54) is 24.3 Å². The number of esters is 2. The molecule has 4 aromatic rings. The molecule has 1 aliphatic rings. The monoisotopic (exact) mass is 764 g/mol. The van der Waals surface area contributed by atoms with Gasteiger partial charge in [0.25, 0.3) is 10.1 Å². The standard InChI is InChI=1S/C37H37N2O12PS/c1-47-37(43)34(52(44,50-28-19-11-5-12-20-28)51-29-21-13-6-14-22-29)33(36(42)48-24-27-17-9-4-10-18-27)39-30(25-49-53(2,45)46)32(35(39)41)38-31(40)23-26-15-7-3-8-16-26/h3-22,30,32-34H,23-25H2,1-2H3,(H,38,40)/t30-,32+,33?,34?/m1/s1. The third kappa shape index (κ3) is 10.1. The van der Waals surface area contributed by atoms with Crippen molar-refractivity contribution in [2.75, 3.05) is 20.0 Å². The summed E-state index contributed by atoms with van der Waals surface area (Å²) in [6.45, 7) is -1.10. The number of carbonyl (C=O) groups is 4. The van der Waals surface area contributed by atoms with E-state index in [1.54, 1.807) is 97.1 Å². The van der Waals surface area contributed by atoms with Gasteiger partial charge in [-0.15, -0.1) is 0 Å². The van der Waals surface area contributed by atoms with E-state index in [1.807, 2.05) is 0 Å². The largest absolute Gasteiger partial charge is 0.468 e. The zero-order chi connectivity index (χ0) is 38.0. The van der Waals surface area contributed by atoms with Gasteiger partial charge in [-0.1, -0.05) is 97.1 Å². The van der Waals surface area contributed by atoms with Crippen molar-refractivity contribution in [3.8, 4) is 11.5 Å². The molecule has 0 spiro atoms. The molecular weight excluding hydrogens is 727 g/mol. The lowest BCUT2D eigenvalue weighted by molar-refractivity contribution is -0.174. The lowest BCUT2D eigenvalue weighted by Gasteiger charge is -2.50. The van der Waals surface area contributed by atoms with Crippen molar-refractivity contribution in [2.24, 2.45) is 0 Å². The number of benzene rings is 4. The van der Waals surface area contributed by atoms with Gasteiger partial charge in [0.2, 0.25) is 17.5 Å². The summed E-state index contributed by atoms with van der Waals surface area (Å²) in [5, 5.41) is 2.58. The number of amides is 2. The van der Waals surface area contributed by atoms with Crippen LogP contribution in [0.15, 0.2) is 121 Å². The van der Waals surface area contributed by atoms with Crippen molar-refractivity contribution in [2.45, 2.75) is 36.8 Å². The van der Waals surface area contributed by atoms with Crippen LogP contribution in [-0.4, -0.2) is 80.8 Å². The van der Waals surface area contributed by atoms with Crippen LogP contribution in [0.25, 0.3) is 0 Å². The second-order valence-corrected chi connectivity index (χ2v) is 15.5. The van der Waals surface area contributed by atoms with E-state index in [2.05, 4.69) is 5.32 Å². The van der Waals surface area contributed by atoms with E-state index >= 15 is 4.57 Å². The summed E-state index contributed by atoms with van der Waals surface area (Å²) in [5.74, 6) is -4.09. The van der Waals surface area contributed by atoms with E-state index in [0.717, 1.165) is 18.3 Å². The molecule has 0 aliphatic carbocycles. The highest BCUT2D eigenvalue weighted by Gasteiger charge is 2.63. The van der Waals surface area contributed by atoms with Gasteiger partial charge in [0.05, 0.1) is 32.4 Å². The highest BCUT2D eigenvalue weighted by Crippen LogP contribution is 2.56.